The molecule has 1 N–H and O–H groups in total. The molecule has 1 aromatic heterocycles. The first-order valence-electron chi connectivity index (χ1n) is 5.50. The molecule has 5 nitrogen and oxygen atoms in total. The molecule has 0 spiro atoms. The van der Waals surface area contributed by atoms with Crippen LogP contribution in [0.3, 0.4) is 0 Å². The SMILES string of the molecule is CCn1ncc(C(=O)NCCCOC)c1C. The molecule has 0 fully saturated rings. The van der Waals surface area contributed by atoms with Gasteiger partial charge in [0.25, 0.3) is 5.91 Å². The fraction of sp³-hybridized carbons (Fsp3) is 0.636. The van der Waals surface area contributed by atoms with Gasteiger partial charge in [0.15, 0.2) is 0 Å². The Labute approximate surface area is 95.8 Å². The van der Waals surface area contributed by atoms with E-state index in [0.717, 1.165) is 18.7 Å². The van der Waals surface area contributed by atoms with Crippen LogP contribution >= 0.6 is 0 Å². The van der Waals surface area contributed by atoms with E-state index >= 15 is 0 Å². The topological polar surface area (TPSA) is 56.2 Å². The van der Waals surface area contributed by atoms with Crippen LogP contribution in [0, 0.1) is 6.92 Å². The molecular weight excluding hydrogens is 206 g/mol. The lowest BCUT2D eigenvalue weighted by molar-refractivity contribution is 0.0948. The zero-order valence-electron chi connectivity index (χ0n) is 10.1. The number of ether oxygens (including phenoxy) is 1. The van der Waals surface area contributed by atoms with Gasteiger partial charge in [-0.25, -0.2) is 0 Å². The molecule has 0 unspecified atom stereocenters. The highest BCUT2D eigenvalue weighted by atomic mass is 16.5. The van der Waals surface area contributed by atoms with Crippen LogP contribution in [0.15, 0.2) is 6.20 Å². The first-order valence-corrected chi connectivity index (χ1v) is 5.50. The highest BCUT2D eigenvalue weighted by Gasteiger charge is 2.12. The fourth-order valence-corrected chi connectivity index (χ4v) is 1.50. The van der Waals surface area contributed by atoms with Crippen LogP contribution in [-0.4, -0.2) is 35.9 Å². The summed E-state index contributed by atoms with van der Waals surface area (Å²) in [5, 5.41) is 6.97. The molecule has 1 amide bonds. The van der Waals surface area contributed by atoms with Crippen LogP contribution in [0.25, 0.3) is 0 Å². The quantitative estimate of drug-likeness (QED) is 0.734. The zero-order valence-corrected chi connectivity index (χ0v) is 10.1. The van der Waals surface area contributed by atoms with E-state index in [9.17, 15) is 4.79 Å². The summed E-state index contributed by atoms with van der Waals surface area (Å²) in [7, 11) is 1.65. The minimum absolute atomic E-state index is 0.0618. The fourth-order valence-electron chi connectivity index (χ4n) is 1.50. The summed E-state index contributed by atoms with van der Waals surface area (Å²) in [5.41, 5.74) is 1.56. The molecule has 0 aliphatic carbocycles. The van der Waals surface area contributed by atoms with Crippen molar-refractivity contribution in [2.75, 3.05) is 20.3 Å². The van der Waals surface area contributed by atoms with Crippen molar-refractivity contribution in [2.24, 2.45) is 0 Å². The molecule has 0 saturated carbocycles. The van der Waals surface area contributed by atoms with E-state index in [1.165, 1.54) is 0 Å². The van der Waals surface area contributed by atoms with Gasteiger partial charge in [0.05, 0.1) is 11.8 Å². The average molecular weight is 225 g/mol. The van der Waals surface area contributed by atoms with Crippen molar-refractivity contribution in [3.63, 3.8) is 0 Å². The Kier molecular flexibility index (Phi) is 4.98. The van der Waals surface area contributed by atoms with Gasteiger partial charge in [-0.05, 0) is 20.3 Å². The largest absolute Gasteiger partial charge is 0.385 e. The predicted octanol–water partition coefficient (Wildman–Crippen LogP) is 0.978. The highest BCUT2D eigenvalue weighted by Crippen LogP contribution is 2.06. The van der Waals surface area contributed by atoms with Gasteiger partial charge in [0.2, 0.25) is 0 Å². The van der Waals surface area contributed by atoms with Gasteiger partial charge in [-0.15, -0.1) is 0 Å². The van der Waals surface area contributed by atoms with E-state index in [2.05, 4.69) is 10.4 Å². The zero-order chi connectivity index (χ0) is 12.0. The minimum Gasteiger partial charge on any atom is -0.385 e. The molecule has 16 heavy (non-hydrogen) atoms. The monoisotopic (exact) mass is 225 g/mol. The smallest absolute Gasteiger partial charge is 0.254 e. The van der Waals surface area contributed by atoms with E-state index in [-0.39, 0.29) is 5.91 Å². The van der Waals surface area contributed by atoms with Gasteiger partial charge in [0, 0.05) is 32.5 Å². The number of rotatable bonds is 6. The van der Waals surface area contributed by atoms with E-state index < -0.39 is 0 Å². The van der Waals surface area contributed by atoms with Crippen LogP contribution < -0.4 is 5.32 Å². The summed E-state index contributed by atoms with van der Waals surface area (Å²) in [6, 6.07) is 0. The molecule has 0 aliphatic heterocycles. The van der Waals surface area contributed by atoms with Crippen LogP contribution in [0.5, 0.6) is 0 Å². The van der Waals surface area contributed by atoms with E-state index in [1.54, 1.807) is 13.3 Å². The third-order valence-electron chi connectivity index (χ3n) is 2.46. The third kappa shape index (κ3) is 3.06. The summed E-state index contributed by atoms with van der Waals surface area (Å²) in [5.74, 6) is -0.0618. The van der Waals surface area contributed by atoms with Gasteiger partial charge >= 0.3 is 0 Å². The third-order valence-corrected chi connectivity index (χ3v) is 2.46. The number of nitrogens with one attached hydrogen (secondary N) is 1. The molecule has 0 aromatic carbocycles. The second-order valence-corrected chi connectivity index (χ2v) is 3.56. The molecule has 0 saturated heterocycles. The molecule has 1 heterocycles. The van der Waals surface area contributed by atoms with Crippen LogP contribution in [0.2, 0.25) is 0 Å². The summed E-state index contributed by atoms with van der Waals surface area (Å²) >= 11 is 0. The molecule has 0 atom stereocenters. The van der Waals surface area contributed by atoms with Crippen molar-refractivity contribution in [1.82, 2.24) is 15.1 Å². The summed E-state index contributed by atoms with van der Waals surface area (Å²) in [6.45, 7) is 5.97. The number of hydrogen-bond acceptors (Lipinski definition) is 3. The second-order valence-electron chi connectivity index (χ2n) is 3.56. The van der Waals surface area contributed by atoms with Crippen molar-refractivity contribution >= 4 is 5.91 Å². The standard InChI is InChI=1S/C11H19N3O2/c1-4-14-9(2)10(8-13-14)11(15)12-6-5-7-16-3/h8H,4-7H2,1-3H3,(H,12,15). The number of hydrogen-bond donors (Lipinski definition) is 1. The Bertz CT molecular complexity index is 347. The van der Waals surface area contributed by atoms with Gasteiger partial charge in [-0.3, -0.25) is 9.48 Å². The van der Waals surface area contributed by atoms with Gasteiger partial charge in [-0.1, -0.05) is 0 Å². The number of aromatic nitrogens is 2. The lowest BCUT2D eigenvalue weighted by Crippen LogP contribution is -2.25. The number of carbonyl (C=O) groups is 1. The van der Waals surface area contributed by atoms with Crippen LogP contribution in [0.1, 0.15) is 29.4 Å². The Morgan fingerprint density at radius 1 is 1.62 bits per heavy atom. The van der Waals surface area contributed by atoms with Crippen LogP contribution in [0.4, 0.5) is 0 Å². The number of nitrogens with zero attached hydrogens (tertiary/aromatic N) is 2. The molecule has 1 rings (SSSR count). The molecule has 1 aromatic rings. The first-order chi connectivity index (χ1) is 7.70. The van der Waals surface area contributed by atoms with Crippen LogP contribution in [-0.2, 0) is 11.3 Å². The van der Waals surface area contributed by atoms with Gasteiger partial charge in [-0.2, -0.15) is 5.10 Å². The predicted molar refractivity (Wildman–Crippen MR) is 61.5 cm³/mol. The maximum absolute atomic E-state index is 11.8. The van der Waals surface area contributed by atoms with E-state index in [0.29, 0.717) is 18.7 Å². The number of aryl methyl sites for hydroxylation is 1. The highest BCUT2D eigenvalue weighted by molar-refractivity contribution is 5.94. The van der Waals surface area contributed by atoms with Crippen molar-refractivity contribution in [1.29, 1.82) is 0 Å². The van der Waals surface area contributed by atoms with Crippen molar-refractivity contribution < 1.29 is 9.53 Å². The first kappa shape index (κ1) is 12.7. The van der Waals surface area contributed by atoms with E-state index in [1.807, 2.05) is 18.5 Å². The van der Waals surface area contributed by atoms with Gasteiger partial charge in [0.1, 0.15) is 0 Å². The second kappa shape index (κ2) is 6.27. The lowest BCUT2D eigenvalue weighted by Gasteiger charge is -2.04. The van der Waals surface area contributed by atoms with Crippen molar-refractivity contribution in [2.45, 2.75) is 26.8 Å². The molecule has 90 valence electrons. The number of carbonyl (C=O) groups excluding carboxylic acids is 1. The Hall–Kier alpha value is -1.36. The Morgan fingerprint density at radius 3 is 2.94 bits per heavy atom. The molecule has 0 radical (unpaired) electrons. The molecule has 0 bridgehead atoms. The minimum atomic E-state index is -0.0618. The Morgan fingerprint density at radius 2 is 2.38 bits per heavy atom. The van der Waals surface area contributed by atoms with Crippen molar-refractivity contribution in [3.8, 4) is 0 Å². The molecule has 0 aliphatic rings. The lowest BCUT2D eigenvalue weighted by atomic mass is 10.2. The van der Waals surface area contributed by atoms with E-state index in [4.69, 9.17) is 4.74 Å². The molecule has 5 heteroatoms. The maximum atomic E-state index is 11.8. The summed E-state index contributed by atoms with van der Waals surface area (Å²) in [4.78, 5) is 11.8. The normalized spacial score (nSPS) is 10.4. The number of amides is 1. The van der Waals surface area contributed by atoms with Crippen molar-refractivity contribution in [3.05, 3.63) is 17.5 Å². The van der Waals surface area contributed by atoms with Gasteiger partial charge < -0.3 is 10.1 Å². The Balaban J connectivity index is 2.49. The average Bonchev–Trinajstić information content (AvgIpc) is 2.65. The summed E-state index contributed by atoms with van der Waals surface area (Å²) < 4.78 is 6.72. The summed E-state index contributed by atoms with van der Waals surface area (Å²) in [6.07, 6.45) is 2.44. The number of methoxy groups -OCH3 is 1. The molecular formula is C11H19N3O2. The maximum Gasteiger partial charge on any atom is 0.254 e.